The number of amides is 3. The van der Waals surface area contributed by atoms with Crippen LogP contribution in [0.2, 0.25) is 0 Å². The normalized spacial score (nSPS) is 13.7. The number of aryl methyl sites for hydroxylation is 1. The van der Waals surface area contributed by atoms with Gasteiger partial charge in [0, 0.05) is 43.7 Å². The molecule has 3 amide bonds. The summed E-state index contributed by atoms with van der Waals surface area (Å²) in [6.07, 6.45) is 0.179. The highest BCUT2D eigenvalue weighted by Gasteiger charge is 2.28. The highest BCUT2D eigenvalue weighted by molar-refractivity contribution is 7.13. The Morgan fingerprint density at radius 3 is 2.04 bits per heavy atom. The Hall–Kier alpha value is -4.34. The molecule has 0 aliphatic carbocycles. The topological polar surface area (TPSA) is 85.8 Å². The van der Waals surface area contributed by atoms with Gasteiger partial charge in [-0.1, -0.05) is 92.2 Å². The second-order valence-electron chi connectivity index (χ2n) is 12.0. The van der Waals surface area contributed by atoms with Crippen LogP contribution in [0.5, 0.6) is 0 Å². The predicted molar refractivity (Wildman–Crippen MR) is 179 cm³/mol. The van der Waals surface area contributed by atoms with Crippen molar-refractivity contribution in [2.45, 2.75) is 33.2 Å². The van der Waals surface area contributed by atoms with Crippen molar-refractivity contribution >= 4 is 34.2 Å². The van der Waals surface area contributed by atoms with Crippen LogP contribution in [-0.2, 0) is 16.0 Å². The summed E-state index contributed by atoms with van der Waals surface area (Å²) < 4.78 is 0. The minimum atomic E-state index is -0.314. The summed E-state index contributed by atoms with van der Waals surface area (Å²) in [5.74, 6) is -0.260. The van der Waals surface area contributed by atoms with Crippen LogP contribution in [-0.4, -0.2) is 76.7 Å². The summed E-state index contributed by atoms with van der Waals surface area (Å²) in [5, 5.41) is 5.06. The summed E-state index contributed by atoms with van der Waals surface area (Å²) in [4.78, 5) is 49.8. The molecule has 9 heteroatoms. The van der Waals surface area contributed by atoms with Gasteiger partial charge in [-0.25, -0.2) is 4.98 Å². The minimum Gasteiger partial charge on any atom is -0.340 e. The molecule has 1 aliphatic rings. The van der Waals surface area contributed by atoms with Gasteiger partial charge in [-0.3, -0.25) is 19.3 Å². The zero-order chi connectivity index (χ0) is 31.8. The van der Waals surface area contributed by atoms with Crippen LogP contribution in [0.1, 0.15) is 52.6 Å². The van der Waals surface area contributed by atoms with Gasteiger partial charge in [0.2, 0.25) is 11.8 Å². The fourth-order valence-corrected chi connectivity index (χ4v) is 6.42. The van der Waals surface area contributed by atoms with Gasteiger partial charge in [-0.2, -0.15) is 0 Å². The molecule has 8 nitrogen and oxygen atoms in total. The van der Waals surface area contributed by atoms with E-state index in [9.17, 15) is 14.4 Å². The second-order valence-corrected chi connectivity index (χ2v) is 12.8. The van der Waals surface area contributed by atoms with Gasteiger partial charge < -0.3 is 15.1 Å². The first-order valence-electron chi connectivity index (χ1n) is 15.5. The first-order chi connectivity index (χ1) is 21.8. The third-order valence-corrected chi connectivity index (χ3v) is 8.71. The molecule has 2 heterocycles. The Morgan fingerprint density at radius 1 is 0.867 bits per heavy atom. The molecule has 1 aliphatic heterocycles. The molecule has 0 unspecified atom stereocenters. The largest absolute Gasteiger partial charge is 0.340 e. The van der Waals surface area contributed by atoms with Crippen LogP contribution in [0.15, 0.2) is 90.3 Å². The molecule has 0 saturated carbocycles. The van der Waals surface area contributed by atoms with Gasteiger partial charge >= 0.3 is 0 Å². The van der Waals surface area contributed by atoms with Crippen LogP contribution in [0.25, 0.3) is 0 Å². The molecule has 0 atom stereocenters. The summed E-state index contributed by atoms with van der Waals surface area (Å²) in [5.41, 5.74) is 4.74. The molecule has 0 spiro atoms. The van der Waals surface area contributed by atoms with E-state index in [1.165, 1.54) is 22.5 Å². The quantitative estimate of drug-likeness (QED) is 0.233. The highest BCUT2D eigenvalue weighted by atomic mass is 32.1. The lowest BCUT2D eigenvalue weighted by atomic mass is 9.96. The zero-order valence-electron chi connectivity index (χ0n) is 26.2. The van der Waals surface area contributed by atoms with E-state index in [0.717, 1.165) is 18.7 Å². The van der Waals surface area contributed by atoms with Crippen molar-refractivity contribution in [1.29, 1.82) is 0 Å². The fraction of sp³-hybridized carbons (Fsp3) is 0.333. The van der Waals surface area contributed by atoms with Crippen molar-refractivity contribution < 1.29 is 14.4 Å². The van der Waals surface area contributed by atoms with E-state index in [1.54, 1.807) is 17.0 Å². The highest BCUT2D eigenvalue weighted by Crippen LogP contribution is 2.29. The standard InChI is InChI=1S/C36H41N5O3S/c1-26(2)23-41(35(44)30-16-14-27(3)15-17-30)24-32(42)38-36-37-31(25-45-36)22-33(43)39-18-20-40(21-19-39)34(28-10-6-4-7-11-28)29-12-8-5-9-13-29/h4-17,25-26,34H,18-24H2,1-3H3,(H,37,38,42). The van der Waals surface area contributed by atoms with Crippen molar-refractivity contribution in [1.82, 2.24) is 19.7 Å². The second kappa shape index (κ2) is 15.1. The maximum absolute atomic E-state index is 13.2. The minimum absolute atomic E-state index is 0.0283. The molecule has 0 radical (unpaired) electrons. The molecular formula is C36H41N5O3S. The zero-order valence-corrected chi connectivity index (χ0v) is 27.0. The number of anilines is 1. The molecule has 45 heavy (non-hydrogen) atoms. The van der Waals surface area contributed by atoms with E-state index in [1.807, 2.05) is 55.3 Å². The molecule has 1 saturated heterocycles. The van der Waals surface area contributed by atoms with Gasteiger partial charge in [0.05, 0.1) is 18.2 Å². The molecule has 1 aromatic heterocycles. The first-order valence-corrected chi connectivity index (χ1v) is 16.4. The van der Waals surface area contributed by atoms with Crippen molar-refractivity contribution in [3.8, 4) is 0 Å². The SMILES string of the molecule is Cc1ccc(C(=O)N(CC(=O)Nc2nc(CC(=O)N3CCN(C(c4ccccc4)c4ccccc4)CC3)cs2)CC(C)C)cc1. The van der Waals surface area contributed by atoms with Gasteiger partial charge in [0.15, 0.2) is 5.13 Å². The van der Waals surface area contributed by atoms with E-state index in [2.05, 4.69) is 63.7 Å². The van der Waals surface area contributed by atoms with Crippen molar-refractivity contribution in [3.05, 3.63) is 118 Å². The van der Waals surface area contributed by atoms with Crippen molar-refractivity contribution in [3.63, 3.8) is 0 Å². The predicted octanol–water partition coefficient (Wildman–Crippen LogP) is 5.66. The Morgan fingerprint density at radius 2 is 1.47 bits per heavy atom. The average molecular weight is 624 g/mol. The average Bonchev–Trinajstić information content (AvgIpc) is 3.48. The van der Waals surface area contributed by atoms with Gasteiger partial charge in [-0.15, -0.1) is 11.3 Å². The van der Waals surface area contributed by atoms with Gasteiger partial charge in [0.25, 0.3) is 5.91 Å². The number of thiazole rings is 1. The molecule has 1 N–H and O–H groups in total. The molecule has 1 fully saturated rings. The lowest BCUT2D eigenvalue weighted by Crippen LogP contribution is -2.50. The third kappa shape index (κ3) is 8.65. The van der Waals surface area contributed by atoms with Crippen LogP contribution in [0.4, 0.5) is 5.13 Å². The Kier molecular flexibility index (Phi) is 10.8. The van der Waals surface area contributed by atoms with E-state index < -0.39 is 0 Å². The van der Waals surface area contributed by atoms with E-state index in [4.69, 9.17) is 0 Å². The molecule has 3 aromatic carbocycles. The number of hydrogen-bond acceptors (Lipinski definition) is 6. The molecule has 0 bridgehead atoms. The maximum Gasteiger partial charge on any atom is 0.254 e. The Balaban J connectivity index is 1.15. The van der Waals surface area contributed by atoms with E-state index >= 15 is 0 Å². The number of rotatable bonds is 11. The fourth-order valence-electron chi connectivity index (χ4n) is 5.70. The van der Waals surface area contributed by atoms with Crippen LogP contribution in [0.3, 0.4) is 0 Å². The van der Waals surface area contributed by atoms with E-state index in [0.29, 0.717) is 36.0 Å². The summed E-state index contributed by atoms with van der Waals surface area (Å²) in [7, 11) is 0. The number of carbonyl (C=O) groups excluding carboxylic acids is 3. The number of carbonyl (C=O) groups is 3. The van der Waals surface area contributed by atoms with E-state index in [-0.39, 0.29) is 42.6 Å². The molecular weight excluding hydrogens is 582 g/mol. The summed E-state index contributed by atoms with van der Waals surface area (Å²) in [6.45, 7) is 9.22. The van der Waals surface area contributed by atoms with Crippen LogP contribution >= 0.6 is 11.3 Å². The number of piperazine rings is 1. The Labute approximate surface area is 269 Å². The van der Waals surface area contributed by atoms with Gasteiger partial charge in [0.1, 0.15) is 6.54 Å². The number of aromatic nitrogens is 1. The molecule has 4 aromatic rings. The first kappa shape index (κ1) is 32.1. The lowest BCUT2D eigenvalue weighted by Gasteiger charge is -2.39. The monoisotopic (exact) mass is 623 g/mol. The maximum atomic E-state index is 13.2. The summed E-state index contributed by atoms with van der Waals surface area (Å²) in [6, 6.07) is 28.5. The number of nitrogens with zero attached hydrogens (tertiary/aromatic N) is 4. The molecule has 234 valence electrons. The number of benzene rings is 3. The number of hydrogen-bond donors (Lipinski definition) is 1. The van der Waals surface area contributed by atoms with Crippen LogP contribution < -0.4 is 5.32 Å². The third-order valence-electron chi connectivity index (χ3n) is 7.90. The Bertz CT molecular complexity index is 1530. The molecule has 5 rings (SSSR count). The van der Waals surface area contributed by atoms with Crippen molar-refractivity contribution in [2.24, 2.45) is 5.92 Å². The van der Waals surface area contributed by atoms with Gasteiger partial charge in [-0.05, 0) is 36.1 Å². The van der Waals surface area contributed by atoms with Crippen molar-refractivity contribution in [2.75, 3.05) is 44.6 Å². The van der Waals surface area contributed by atoms with Crippen LogP contribution in [0, 0.1) is 12.8 Å². The lowest BCUT2D eigenvalue weighted by molar-refractivity contribution is -0.132. The smallest absolute Gasteiger partial charge is 0.254 e. The summed E-state index contributed by atoms with van der Waals surface area (Å²) >= 11 is 1.29. The number of nitrogens with one attached hydrogen (secondary N) is 1.